The Balaban J connectivity index is 2.05. The van der Waals surface area contributed by atoms with Gasteiger partial charge >= 0.3 is 0 Å². The Bertz CT molecular complexity index is 527. The number of nitrogens with one attached hydrogen (secondary N) is 1. The molecule has 0 radical (unpaired) electrons. The van der Waals surface area contributed by atoms with Gasteiger partial charge in [0.05, 0.1) is 36.3 Å². The number of fused-ring (bicyclic) bond motifs is 1. The average Bonchev–Trinajstić information content (AvgIpc) is 2.94. The number of para-hydroxylation sites is 1. The van der Waals surface area contributed by atoms with Gasteiger partial charge in [-0.25, -0.2) is 0 Å². The zero-order valence-electron chi connectivity index (χ0n) is 10.2. The van der Waals surface area contributed by atoms with E-state index in [4.69, 9.17) is 4.74 Å². The summed E-state index contributed by atoms with van der Waals surface area (Å²) in [4.78, 5) is 0. The summed E-state index contributed by atoms with van der Waals surface area (Å²) in [5.41, 5.74) is 3.40. The highest BCUT2D eigenvalue weighted by Gasteiger charge is 2.22. The highest BCUT2D eigenvalue weighted by Crippen LogP contribution is 2.34. The fourth-order valence-corrected chi connectivity index (χ4v) is 2.85. The molecule has 0 spiro atoms. The molecule has 4 nitrogen and oxygen atoms in total. The first-order valence-corrected chi connectivity index (χ1v) is 6.82. The normalized spacial score (nSPS) is 15.8. The number of hydrogen-bond acceptors (Lipinski definition) is 5. The molecule has 1 atom stereocenters. The number of nitrogens with zero attached hydrogens (tertiary/aromatic N) is 2. The van der Waals surface area contributed by atoms with E-state index in [2.05, 4.69) is 32.3 Å². The Morgan fingerprint density at radius 1 is 1.44 bits per heavy atom. The van der Waals surface area contributed by atoms with Crippen LogP contribution in [0, 0.1) is 0 Å². The van der Waals surface area contributed by atoms with E-state index in [1.807, 2.05) is 13.2 Å². The summed E-state index contributed by atoms with van der Waals surface area (Å²) in [7, 11) is 1.94. The molecule has 18 heavy (non-hydrogen) atoms. The van der Waals surface area contributed by atoms with E-state index in [9.17, 15) is 0 Å². The molecule has 0 fully saturated rings. The van der Waals surface area contributed by atoms with Crippen LogP contribution in [-0.2, 0) is 6.42 Å². The molecule has 2 aromatic rings. The molecule has 5 heteroatoms. The van der Waals surface area contributed by atoms with Gasteiger partial charge in [-0.3, -0.25) is 0 Å². The number of ether oxygens (including phenoxy) is 1. The maximum Gasteiger partial charge on any atom is 0.127 e. The quantitative estimate of drug-likeness (QED) is 0.920. The second kappa shape index (κ2) is 5.04. The Labute approximate surface area is 110 Å². The number of rotatable bonds is 3. The van der Waals surface area contributed by atoms with E-state index >= 15 is 0 Å². The topological polar surface area (TPSA) is 47.0 Å². The lowest BCUT2D eigenvalue weighted by Crippen LogP contribution is -2.21. The van der Waals surface area contributed by atoms with Crippen LogP contribution in [-0.4, -0.2) is 22.4 Å². The zero-order valence-corrected chi connectivity index (χ0v) is 11.0. The van der Waals surface area contributed by atoms with Crippen molar-refractivity contribution in [3.63, 3.8) is 0 Å². The fraction of sp³-hybridized carbons (Fsp3) is 0.385. The third kappa shape index (κ3) is 2.00. The Hall–Kier alpha value is -1.46. The summed E-state index contributed by atoms with van der Waals surface area (Å²) >= 11 is 1.23. The van der Waals surface area contributed by atoms with Crippen LogP contribution in [0.2, 0.25) is 0 Å². The van der Waals surface area contributed by atoms with Crippen molar-refractivity contribution in [2.24, 2.45) is 0 Å². The van der Waals surface area contributed by atoms with E-state index in [0.29, 0.717) is 0 Å². The molecule has 0 saturated carbocycles. The van der Waals surface area contributed by atoms with Crippen LogP contribution in [0.3, 0.4) is 0 Å². The van der Waals surface area contributed by atoms with Crippen LogP contribution in [0.15, 0.2) is 24.4 Å². The van der Waals surface area contributed by atoms with Crippen LogP contribution in [0.1, 0.15) is 29.3 Å². The molecule has 1 aliphatic heterocycles. The number of aryl methyl sites for hydroxylation is 1. The lowest BCUT2D eigenvalue weighted by atomic mass is 9.97. The minimum atomic E-state index is 0.0526. The average molecular weight is 261 g/mol. The smallest absolute Gasteiger partial charge is 0.127 e. The van der Waals surface area contributed by atoms with Gasteiger partial charge in [0.15, 0.2) is 0 Å². The molecule has 2 heterocycles. The summed E-state index contributed by atoms with van der Waals surface area (Å²) in [6.07, 6.45) is 4.00. The minimum absolute atomic E-state index is 0.0526. The number of hydrogen-bond donors (Lipinski definition) is 1. The maximum absolute atomic E-state index is 5.85. The molecule has 0 aliphatic carbocycles. The summed E-state index contributed by atoms with van der Waals surface area (Å²) in [6, 6.07) is 6.39. The summed E-state index contributed by atoms with van der Waals surface area (Å²) < 4.78 is 14.3. The van der Waals surface area contributed by atoms with E-state index < -0.39 is 0 Å². The highest BCUT2D eigenvalue weighted by atomic mass is 32.1. The first-order valence-electron chi connectivity index (χ1n) is 6.09. The Morgan fingerprint density at radius 2 is 2.39 bits per heavy atom. The Morgan fingerprint density at radius 3 is 3.17 bits per heavy atom. The standard InChI is InChI=1S/C13H15N3OS/c1-14-12(11-8-15-18-16-11)10-6-2-4-9-5-3-7-17-13(9)10/h2,4,6,8,12,14H,3,5,7H2,1H3. The molecule has 1 aliphatic rings. The first-order chi connectivity index (χ1) is 8.90. The molecule has 1 unspecified atom stereocenters. The van der Waals surface area contributed by atoms with Crippen molar-refractivity contribution in [3.05, 3.63) is 41.2 Å². The highest BCUT2D eigenvalue weighted by molar-refractivity contribution is 6.99. The van der Waals surface area contributed by atoms with Crippen LogP contribution >= 0.6 is 11.7 Å². The SMILES string of the molecule is CNC(c1cnsn1)c1cccc2c1OCCC2. The summed E-state index contributed by atoms with van der Waals surface area (Å²) in [5, 5.41) is 3.30. The molecule has 0 bridgehead atoms. The van der Waals surface area contributed by atoms with E-state index in [1.54, 1.807) is 0 Å². The molecule has 1 aromatic heterocycles. The van der Waals surface area contributed by atoms with Gasteiger partial charge in [0, 0.05) is 5.56 Å². The molecular formula is C13H15N3OS. The zero-order chi connectivity index (χ0) is 12.4. The van der Waals surface area contributed by atoms with Gasteiger partial charge in [-0.15, -0.1) is 0 Å². The van der Waals surface area contributed by atoms with Crippen LogP contribution < -0.4 is 10.1 Å². The van der Waals surface area contributed by atoms with Crippen LogP contribution in [0.25, 0.3) is 0 Å². The second-order valence-electron chi connectivity index (χ2n) is 4.34. The van der Waals surface area contributed by atoms with E-state index in [1.165, 1.54) is 17.3 Å². The van der Waals surface area contributed by atoms with Crippen molar-refractivity contribution in [1.29, 1.82) is 0 Å². The second-order valence-corrected chi connectivity index (χ2v) is 4.90. The minimum Gasteiger partial charge on any atom is -0.493 e. The predicted molar refractivity (Wildman–Crippen MR) is 71.1 cm³/mol. The molecule has 1 aromatic carbocycles. The molecular weight excluding hydrogens is 246 g/mol. The van der Waals surface area contributed by atoms with Gasteiger partial charge in [0.1, 0.15) is 5.75 Å². The van der Waals surface area contributed by atoms with Crippen molar-refractivity contribution in [2.75, 3.05) is 13.7 Å². The van der Waals surface area contributed by atoms with Gasteiger partial charge < -0.3 is 10.1 Å². The van der Waals surface area contributed by atoms with Gasteiger partial charge in [-0.1, -0.05) is 18.2 Å². The van der Waals surface area contributed by atoms with Gasteiger partial charge in [0.25, 0.3) is 0 Å². The van der Waals surface area contributed by atoms with E-state index in [0.717, 1.165) is 36.5 Å². The molecule has 1 N–H and O–H groups in total. The van der Waals surface area contributed by atoms with E-state index in [-0.39, 0.29) is 6.04 Å². The monoisotopic (exact) mass is 261 g/mol. The molecule has 0 amide bonds. The van der Waals surface area contributed by atoms with Gasteiger partial charge in [-0.2, -0.15) is 8.75 Å². The summed E-state index contributed by atoms with van der Waals surface area (Å²) in [6.45, 7) is 0.801. The molecule has 0 saturated heterocycles. The van der Waals surface area contributed by atoms with Gasteiger partial charge in [-0.05, 0) is 25.5 Å². The Kier molecular flexibility index (Phi) is 3.25. The fourth-order valence-electron chi connectivity index (χ4n) is 2.40. The number of aromatic nitrogens is 2. The molecule has 3 rings (SSSR count). The third-order valence-electron chi connectivity index (χ3n) is 3.24. The van der Waals surface area contributed by atoms with Crippen molar-refractivity contribution in [2.45, 2.75) is 18.9 Å². The van der Waals surface area contributed by atoms with Crippen molar-refractivity contribution in [3.8, 4) is 5.75 Å². The number of benzene rings is 1. The van der Waals surface area contributed by atoms with Crippen molar-refractivity contribution < 1.29 is 4.74 Å². The van der Waals surface area contributed by atoms with Crippen LogP contribution in [0.4, 0.5) is 0 Å². The lowest BCUT2D eigenvalue weighted by Gasteiger charge is -2.24. The first kappa shape index (κ1) is 11.6. The maximum atomic E-state index is 5.85. The van der Waals surface area contributed by atoms with Gasteiger partial charge in [0.2, 0.25) is 0 Å². The van der Waals surface area contributed by atoms with Crippen LogP contribution in [0.5, 0.6) is 5.75 Å². The molecule has 94 valence electrons. The lowest BCUT2D eigenvalue weighted by molar-refractivity contribution is 0.283. The van der Waals surface area contributed by atoms with Crippen molar-refractivity contribution >= 4 is 11.7 Å². The largest absolute Gasteiger partial charge is 0.493 e. The third-order valence-corrected chi connectivity index (χ3v) is 3.73. The summed E-state index contributed by atoms with van der Waals surface area (Å²) in [5.74, 6) is 1.02. The van der Waals surface area contributed by atoms with Crippen molar-refractivity contribution in [1.82, 2.24) is 14.1 Å². The predicted octanol–water partition coefficient (Wildman–Crippen LogP) is 2.17.